The molecule has 0 bridgehead atoms. The van der Waals surface area contributed by atoms with E-state index in [-0.39, 0.29) is 5.91 Å². The number of carbonyl (C=O) groups is 1. The van der Waals surface area contributed by atoms with Gasteiger partial charge in [0.1, 0.15) is 0 Å². The summed E-state index contributed by atoms with van der Waals surface area (Å²) < 4.78 is 0. The summed E-state index contributed by atoms with van der Waals surface area (Å²) >= 11 is 0. The Kier molecular flexibility index (Phi) is 4.94. The topological polar surface area (TPSA) is 29.1 Å². The van der Waals surface area contributed by atoms with Crippen LogP contribution in [0.2, 0.25) is 0 Å². The van der Waals surface area contributed by atoms with E-state index in [1.54, 1.807) is 6.92 Å². The Labute approximate surface area is 120 Å². The summed E-state index contributed by atoms with van der Waals surface area (Å²) in [5.74, 6) is 0.451. The van der Waals surface area contributed by atoms with Gasteiger partial charge in [-0.3, -0.25) is 4.79 Å². The Hall–Kier alpha value is -2.09. The summed E-state index contributed by atoms with van der Waals surface area (Å²) in [5.41, 5.74) is 3.86. The van der Waals surface area contributed by atoms with Gasteiger partial charge in [0.05, 0.1) is 0 Å². The first-order chi connectivity index (χ1) is 9.68. The molecule has 1 atom stereocenters. The summed E-state index contributed by atoms with van der Waals surface area (Å²) in [5, 5.41) is 2.87. The Morgan fingerprint density at radius 1 is 1.05 bits per heavy atom. The highest BCUT2D eigenvalue weighted by atomic mass is 16.1. The van der Waals surface area contributed by atoms with Crippen LogP contribution >= 0.6 is 0 Å². The number of benzene rings is 2. The zero-order valence-corrected chi connectivity index (χ0v) is 12.1. The average molecular weight is 267 g/mol. The summed E-state index contributed by atoms with van der Waals surface area (Å²) in [4.78, 5) is 10.9. The molecule has 0 heterocycles. The lowest BCUT2D eigenvalue weighted by Crippen LogP contribution is -2.22. The number of hydrogen-bond donors (Lipinski definition) is 1. The SMILES string of the molecule is CC(=O)NCCC(C)c1ccccc1-c1ccccc1. The molecule has 104 valence electrons. The van der Waals surface area contributed by atoms with Gasteiger partial charge in [-0.1, -0.05) is 61.5 Å². The van der Waals surface area contributed by atoms with Gasteiger partial charge in [-0.25, -0.2) is 0 Å². The quantitative estimate of drug-likeness (QED) is 0.872. The van der Waals surface area contributed by atoms with Crippen molar-refractivity contribution in [3.63, 3.8) is 0 Å². The summed E-state index contributed by atoms with van der Waals surface area (Å²) in [6.07, 6.45) is 0.948. The molecule has 0 spiro atoms. The van der Waals surface area contributed by atoms with Crippen molar-refractivity contribution in [2.45, 2.75) is 26.2 Å². The van der Waals surface area contributed by atoms with Crippen molar-refractivity contribution in [1.29, 1.82) is 0 Å². The Morgan fingerprint density at radius 3 is 2.40 bits per heavy atom. The van der Waals surface area contributed by atoms with Crippen LogP contribution < -0.4 is 5.32 Å². The van der Waals surface area contributed by atoms with Gasteiger partial charge in [-0.15, -0.1) is 0 Å². The van der Waals surface area contributed by atoms with Gasteiger partial charge < -0.3 is 5.32 Å². The molecular weight excluding hydrogens is 246 g/mol. The van der Waals surface area contributed by atoms with Crippen molar-refractivity contribution in [3.8, 4) is 11.1 Å². The maximum atomic E-state index is 10.9. The third-order valence-corrected chi connectivity index (χ3v) is 3.53. The second-order valence-corrected chi connectivity index (χ2v) is 5.13. The third kappa shape index (κ3) is 3.70. The van der Waals surface area contributed by atoms with Gasteiger partial charge in [0, 0.05) is 13.5 Å². The molecule has 2 nitrogen and oxygen atoms in total. The Morgan fingerprint density at radius 2 is 1.70 bits per heavy atom. The predicted molar refractivity (Wildman–Crippen MR) is 83.6 cm³/mol. The zero-order chi connectivity index (χ0) is 14.4. The standard InChI is InChI=1S/C18H21NO/c1-14(12-13-19-15(2)20)17-10-6-7-11-18(17)16-8-4-3-5-9-16/h3-11,14H,12-13H2,1-2H3,(H,19,20). The van der Waals surface area contributed by atoms with Gasteiger partial charge in [-0.2, -0.15) is 0 Å². The highest BCUT2D eigenvalue weighted by molar-refractivity contribution is 5.72. The summed E-state index contributed by atoms with van der Waals surface area (Å²) in [6.45, 7) is 4.49. The lowest BCUT2D eigenvalue weighted by molar-refractivity contribution is -0.118. The molecule has 2 rings (SSSR count). The maximum Gasteiger partial charge on any atom is 0.216 e. The van der Waals surface area contributed by atoms with Crippen molar-refractivity contribution in [2.75, 3.05) is 6.54 Å². The van der Waals surface area contributed by atoms with E-state index in [2.05, 4.69) is 60.8 Å². The first kappa shape index (κ1) is 14.3. The highest BCUT2D eigenvalue weighted by Gasteiger charge is 2.11. The fraction of sp³-hybridized carbons (Fsp3) is 0.278. The first-order valence-corrected chi connectivity index (χ1v) is 7.07. The maximum absolute atomic E-state index is 10.9. The average Bonchev–Trinajstić information content (AvgIpc) is 2.47. The minimum atomic E-state index is 0.0357. The predicted octanol–water partition coefficient (Wildman–Crippen LogP) is 3.98. The van der Waals surface area contributed by atoms with Gasteiger partial charge in [0.2, 0.25) is 5.91 Å². The van der Waals surface area contributed by atoms with E-state index < -0.39 is 0 Å². The zero-order valence-electron chi connectivity index (χ0n) is 12.1. The monoisotopic (exact) mass is 267 g/mol. The number of carbonyl (C=O) groups excluding carboxylic acids is 1. The smallest absolute Gasteiger partial charge is 0.216 e. The molecule has 2 heteroatoms. The molecule has 1 amide bonds. The Balaban J connectivity index is 2.17. The van der Waals surface area contributed by atoms with E-state index in [9.17, 15) is 4.79 Å². The molecule has 0 fully saturated rings. The van der Waals surface area contributed by atoms with E-state index in [1.807, 2.05) is 6.07 Å². The van der Waals surface area contributed by atoms with Crippen LogP contribution in [0.4, 0.5) is 0 Å². The second kappa shape index (κ2) is 6.90. The molecule has 1 unspecified atom stereocenters. The third-order valence-electron chi connectivity index (χ3n) is 3.53. The molecule has 0 radical (unpaired) electrons. The lowest BCUT2D eigenvalue weighted by atomic mass is 9.90. The van der Waals surface area contributed by atoms with E-state index in [0.29, 0.717) is 5.92 Å². The summed E-state index contributed by atoms with van der Waals surface area (Å²) in [7, 11) is 0. The van der Waals surface area contributed by atoms with Gasteiger partial charge in [-0.05, 0) is 29.0 Å². The molecule has 20 heavy (non-hydrogen) atoms. The van der Waals surface area contributed by atoms with Crippen LogP contribution in [-0.4, -0.2) is 12.5 Å². The van der Waals surface area contributed by atoms with Crippen LogP contribution in [-0.2, 0) is 4.79 Å². The van der Waals surface area contributed by atoms with Crippen molar-refractivity contribution >= 4 is 5.91 Å². The van der Waals surface area contributed by atoms with Gasteiger partial charge >= 0.3 is 0 Å². The number of rotatable bonds is 5. The van der Waals surface area contributed by atoms with Crippen LogP contribution in [0.1, 0.15) is 31.7 Å². The van der Waals surface area contributed by atoms with Crippen LogP contribution in [0.15, 0.2) is 54.6 Å². The largest absolute Gasteiger partial charge is 0.356 e. The van der Waals surface area contributed by atoms with Crippen molar-refractivity contribution < 1.29 is 4.79 Å². The van der Waals surface area contributed by atoms with E-state index in [4.69, 9.17) is 0 Å². The van der Waals surface area contributed by atoms with Crippen molar-refractivity contribution in [2.24, 2.45) is 0 Å². The molecule has 0 aliphatic rings. The molecule has 0 aliphatic carbocycles. The van der Waals surface area contributed by atoms with Gasteiger partial charge in [0.15, 0.2) is 0 Å². The van der Waals surface area contributed by atoms with Crippen LogP contribution in [0.3, 0.4) is 0 Å². The first-order valence-electron chi connectivity index (χ1n) is 7.07. The molecule has 0 saturated carbocycles. The van der Waals surface area contributed by atoms with Crippen LogP contribution in [0.25, 0.3) is 11.1 Å². The second-order valence-electron chi connectivity index (χ2n) is 5.13. The Bertz CT molecular complexity index is 563. The minimum Gasteiger partial charge on any atom is -0.356 e. The molecule has 0 aromatic heterocycles. The van der Waals surface area contributed by atoms with Crippen LogP contribution in [0.5, 0.6) is 0 Å². The molecular formula is C18H21NO. The fourth-order valence-corrected chi connectivity index (χ4v) is 2.43. The van der Waals surface area contributed by atoms with E-state index >= 15 is 0 Å². The molecule has 2 aromatic rings. The van der Waals surface area contributed by atoms with Crippen LogP contribution in [0, 0.1) is 0 Å². The van der Waals surface area contributed by atoms with Gasteiger partial charge in [0.25, 0.3) is 0 Å². The number of hydrogen-bond acceptors (Lipinski definition) is 1. The van der Waals surface area contributed by atoms with Crippen molar-refractivity contribution in [3.05, 3.63) is 60.2 Å². The molecule has 0 aliphatic heterocycles. The van der Waals surface area contributed by atoms with Crippen molar-refractivity contribution in [1.82, 2.24) is 5.32 Å². The van der Waals surface area contributed by atoms with E-state index in [1.165, 1.54) is 16.7 Å². The fourth-order valence-electron chi connectivity index (χ4n) is 2.43. The lowest BCUT2D eigenvalue weighted by Gasteiger charge is -2.17. The number of nitrogens with one attached hydrogen (secondary N) is 1. The highest BCUT2D eigenvalue weighted by Crippen LogP contribution is 2.30. The molecule has 1 N–H and O–H groups in total. The normalized spacial score (nSPS) is 11.9. The van der Waals surface area contributed by atoms with E-state index in [0.717, 1.165) is 13.0 Å². The molecule has 0 saturated heterocycles. The summed E-state index contributed by atoms with van der Waals surface area (Å²) in [6, 6.07) is 18.9. The minimum absolute atomic E-state index is 0.0357. The molecule has 2 aromatic carbocycles. The number of amides is 1.